The van der Waals surface area contributed by atoms with Crippen LogP contribution in [0.5, 0.6) is 11.8 Å². The smallest absolute Gasteiger partial charge is 0.420 e. The maximum absolute atomic E-state index is 13.9. The standard InChI is InChI=1S/C25H24F3N7O2/c1-4-16-13-22(35-34-16)32-21-11-15(3)29-24(33-21)37-20-9-8-18(12-19(20)25(26,27)28)31-23(36)30-17-7-5-6-14(2)10-17/h5-13H,4H2,1-3H3,(H2,30,31,36)(H2,29,32,33,34,35). The summed E-state index contributed by atoms with van der Waals surface area (Å²) >= 11 is 0. The lowest BCUT2D eigenvalue weighted by atomic mass is 10.1. The van der Waals surface area contributed by atoms with Crippen molar-refractivity contribution in [2.24, 2.45) is 0 Å². The second-order valence-corrected chi connectivity index (χ2v) is 8.19. The molecule has 4 rings (SSSR count). The Kier molecular flexibility index (Phi) is 7.27. The van der Waals surface area contributed by atoms with Crippen molar-refractivity contribution in [2.45, 2.75) is 33.4 Å². The summed E-state index contributed by atoms with van der Waals surface area (Å²) < 4.78 is 47.1. The molecule has 4 N–H and O–H groups in total. The van der Waals surface area contributed by atoms with Crippen molar-refractivity contribution in [3.63, 3.8) is 0 Å². The lowest BCUT2D eigenvalue weighted by Crippen LogP contribution is -2.20. The summed E-state index contributed by atoms with van der Waals surface area (Å²) in [5, 5.41) is 14.9. The molecule has 0 unspecified atom stereocenters. The van der Waals surface area contributed by atoms with E-state index in [1.165, 1.54) is 6.07 Å². The Bertz CT molecular complexity index is 1420. The van der Waals surface area contributed by atoms with Gasteiger partial charge in [0.05, 0.1) is 0 Å². The van der Waals surface area contributed by atoms with Crippen molar-refractivity contribution < 1.29 is 22.7 Å². The van der Waals surface area contributed by atoms with E-state index in [-0.39, 0.29) is 11.7 Å². The molecule has 0 aliphatic carbocycles. The van der Waals surface area contributed by atoms with Gasteiger partial charge in [0.1, 0.15) is 17.1 Å². The molecule has 0 saturated carbocycles. The van der Waals surface area contributed by atoms with Crippen molar-refractivity contribution >= 4 is 29.0 Å². The average Bonchev–Trinajstić information content (AvgIpc) is 3.26. The van der Waals surface area contributed by atoms with Crippen LogP contribution in [-0.4, -0.2) is 26.2 Å². The molecule has 0 aliphatic heterocycles. The number of rotatable bonds is 7. The summed E-state index contributed by atoms with van der Waals surface area (Å²) in [5.74, 6) is 0.286. The Morgan fingerprint density at radius 1 is 0.973 bits per heavy atom. The van der Waals surface area contributed by atoms with Crippen molar-refractivity contribution in [3.8, 4) is 11.8 Å². The number of carbonyl (C=O) groups excluding carboxylic acids is 1. The molecule has 0 aliphatic rings. The Balaban J connectivity index is 1.54. The van der Waals surface area contributed by atoms with Gasteiger partial charge >= 0.3 is 18.2 Å². The van der Waals surface area contributed by atoms with Gasteiger partial charge in [0.25, 0.3) is 0 Å². The predicted octanol–water partition coefficient (Wildman–Crippen LogP) is 6.58. The minimum atomic E-state index is -4.77. The van der Waals surface area contributed by atoms with Crippen LogP contribution in [0.25, 0.3) is 0 Å². The second kappa shape index (κ2) is 10.6. The van der Waals surface area contributed by atoms with Crippen molar-refractivity contribution in [2.75, 3.05) is 16.0 Å². The number of amides is 2. The van der Waals surface area contributed by atoms with Gasteiger partial charge in [-0.1, -0.05) is 19.1 Å². The number of nitrogens with one attached hydrogen (secondary N) is 4. The van der Waals surface area contributed by atoms with Crippen LogP contribution in [0.3, 0.4) is 0 Å². The summed E-state index contributed by atoms with van der Waals surface area (Å²) in [4.78, 5) is 20.6. The van der Waals surface area contributed by atoms with Gasteiger partial charge in [-0.3, -0.25) is 5.10 Å². The fraction of sp³-hybridized carbons (Fsp3) is 0.200. The van der Waals surface area contributed by atoms with Crippen molar-refractivity contribution in [1.29, 1.82) is 0 Å². The van der Waals surface area contributed by atoms with E-state index in [1.54, 1.807) is 37.3 Å². The van der Waals surface area contributed by atoms with Gasteiger partial charge < -0.3 is 20.7 Å². The van der Waals surface area contributed by atoms with Crippen LogP contribution in [0.1, 0.15) is 29.4 Å². The molecule has 2 aromatic heterocycles. The number of benzene rings is 2. The maximum atomic E-state index is 13.9. The zero-order valence-electron chi connectivity index (χ0n) is 20.2. The summed E-state index contributed by atoms with van der Waals surface area (Å²) in [7, 11) is 0. The molecule has 37 heavy (non-hydrogen) atoms. The summed E-state index contributed by atoms with van der Waals surface area (Å²) in [6.45, 7) is 5.48. The summed E-state index contributed by atoms with van der Waals surface area (Å²) in [5.41, 5.74) is 1.64. The number of aromatic amines is 1. The molecule has 0 bridgehead atoms. The number of carbonyl (C=O) groups is 1. The molecule has 0 radical (unpaired) electrons. The van der Waals surface area contributed by atoms with Gasteiger partial charge in [0.15, 0.2) is 5.82 Å². The highest BCUT2D eigenvalue weighted by Crippen LogP contribution is 2.39. The van der Waals surface area contributed by atoms with Crippen LogP contribution >= 0.6 is 0 Å². The monoisotopic (exact) mass is 511 g/mol. The Morgan fingerprint density at radius 2 is 1.73 bits per heavy atom. The molecule has 4 aromatic rings. The number of anilines is 4. The van der Waals surface area contributed by atoms with E-state index < -0.39 is 23.5 Å². The molecule has 2 amide bonds. The highest BCUT2D eigenvalue weighted by molar-refractivity contribution is 5.99. The van der Waals surface area contributed by atoms with E-state index in [1.807, 2.05) is 19.9 Å². The first-order valence-corrected chi connectivity index (χ1v) is 11.3. The number of hydrogen-bond donors (Lipinski definition) is 4. The summed E-state index contributed by atoms with van der Waals surface area (Å²) in [6.07, 6.45) is -4.01. The molecule has 0 saturated heterocycles. The van der Waals surface area contributed by atoms with E-state index in [0.29, 0.717) is 23.0 Å². The van der Waals surface area contributed by atoms with E-state index in [0.717, 1.165) is 29.8 Å². The molecule has 12 heteroatoms. The van der Waals surface area contributed by atoms with Crippen LogP contribution in [0.15, 0.2) is 54.6 Å². The largest absolute Gasteiger partial charge is 0.424 e. The third-order valence-corrected chi connectivity index (χ3v) is 5.12. The molecule has 2 aromatic carbocycles. The van der Waals surface area contributed by atoms with Gasteiger partial charge in [-0.05, 0) is 56.2 Å². The zero-order chi connectivity index (χ0) is 26.6. The number of H-pyrrole nitrogens is 1. The van der Waals surface area contributed by atoms with Gasteiger partial charge in [0, 0.05) is 34.9 Å². The molecule has 9 nitrogen and oxygen atoms in total. The Labute approximate surface area is 210 Å². The normalized spacial score (nSPS) is 11.2. The lowest BCUT2D eigenvalue weighted by Gasteiger charge is -2.15. The fourth-order valence-electron chi connectivity index (χ4n) is 3.42. The third-order valence-electron chi connectivity index (χ3n) is 5.12. The maximum Gasteiger partial charge on any atom is 0.420 e. The minimum Gasteiger partial charge on any atom is -0.424 e. The Hall–Kier alpha value is -4.61. The van der Waals surface area contributed by atoms with Gasteiger partial charge in [-0.25, -0.2) is 9.78 Å². The van der Waals surface area contributed by atoms with Crippen LogP contribution < -0.4 is 20.7 Å². The first kappa shape index (κ1) is 25.5. The first-order chi connectivity index (χ1) is 17.6. The van der Waals surface area contributed by atoms with E-state index in [4.69, 9.17) is 4.74 Å². The molecule has 0 spiro atoms. The minimum absolute atomic E-state index is 0.0670. The first-order valence-electron chi connectivity index (χ1n) is 11.3. The van der Waals surface area contributed by atoms with E-state index in [2.05, 4.69) is 36.1 Å². The highest BCUT2D eigenvalue weighted by Gasteiger charge is 2.35. The van der Waals surface area contributed by atoms with Gasteiger partial charge in [-0.2, -0.15) is 23.3 Å². The topological polar surface area (TPSA) is 117 Å². The quantitative estimate of drug-likeness (QED) is 0.223. The fourth-order valence-corrected chi connectivity index (χ4v) is 3.42. The zero-order valence-corrected chi connectivity index (χ0v) is 20.2. The van der Waals surface area contributed by atoms with E-state index in [9.17, 15) is 18.0 Å². The Morgan fingerprint density at radius 3 is 2.41 bits per heavy atom. The molecular weight excluding hydrogens is 487 g/mol. The van der Waals surface area contributed by atoms with Gasteiger partial charge in [0.2, 0.25) is 0 Å². The lowest BCUT2D eigenvalue weighted by molar-refractivity contribution is -0.138. The van der Waals surface area contributed by atoms with Gasteiger partial charge in [-0.15, -0.1) is 0 Å². The second-order valence-electron chi connectivity index (χ2n) is 8.19. The summed E-state index contributed by atoms with van der Waals surface area (Å²) in [6, 6.07) is 12.6. The molecular formula is C25H24F3N7O2. The predicted molar refractivity (Wildman–Crippen MR) is 133 cm³/mol. The number of halogens is 3. The number of nitrogens with zero attached hydrogens (tertiary/aromatic N) is 3. The number of alkyl halides is 3. The number of ether oxygens (including phenoxy) is 1. The molecule has 0 fully saturated rings. The highest BCUT2D eigenvalue weighted by atomic mass is 19.4. The number of urea groups is 1. The number of aryl methyl sites for hydroxylation is 3. The molecule has 0 atom stereocenters. The molecule has 192 valence electrons. The SMILES string of the molecule is CCc1cc(Nc2cc(C)nc(Oc3ccc(NC(=O)Nc4cccc(C)c4)cc3C(F)(F)F)n2)n[nH]1. The van der Waals surface area contributed by atoms with Crippen molar-refractivity contribution in [3.05, 3.63) is 77.1 Å². The molecule has 2 heterocycles. The van der Waals surface area contributed by atoms with Crippen LogP contribution in [-0.2, 0) is 12.6 Å². The number of aromatic nitrogens is 4. The number of hydrogen-bond acceptors (Lipinski definition) is 6. The van der Waals surface area contributed by atoms with Crippen LogP contribution in [0.2, 0.25) is 0 Å². The van der Waals surface area contributed by atoms with Crippen molar-refractivity contribution in [1.82, 2.24) is 20.2 Å². The van der Waals surface area contributed by atoms with E-state index >= 15 is 0 Å². The van der Waals surface area contributed by atoms with Crippen LogP contribution in [0, 0.1) is 13.8 Å². The third kappa shape index (κ3) is 6.75. The van der Waals surface area contributed by atoms with Crippen LogP contribution in [0.4, 0.5) is 41.0 Å². The average molecular weight is 512 g/mol.